The van der Waals surface area contributed by atoms with E-state index in [2.05, 4.69) is 26.2 Å². The lowest BCUT2D eigenvalue weighted by atomic mass is 10.2. The molecule has 2 aromatic rings. The summed E-state index contributed by atoms with van der Waals surface area (Å²) < 4.78 is 0.695. The second-order valence-corrected chi connectivity index (χ2v) is 5.43. The van der Waals surface area contributed by atoms with Crippen LogP contribution in [0.25, 0.3) is 0 Å². The summed E-state index contributed by atoms with van der Waals surface area (Å²) in [5, 5.41) is 2.86. The Morgan fingerprint density at radius 1 is 1.25 bits per heavy atom. The summed E-state index contributed by atoms with van der Waals surface area (Å²) in [5.41, 5.74) is 2.58. The number of hydrogen-bond acceptors (Lipinski definition) is 3. The molecule has 0 aliphatic rings. The monoisotopic (exact) mass is 333 g/mol. The minimum absolute atomic E-state index is 0.186. The molecule has 0 unspecified atom stereocenters. The largest absolute Gasteiger partial charge is 0.378 e. The Hall–Kier alpha value is -1.88. The van der Waals surface area contributed by atoms with Crippen LogP contribution >= 0.6 is 15.9 Å². The van der Waals surface area contributed by atoms with Gasteiger partial charge in [-0.15, -0.1) is 0 Å². The van der Waals surface area contributed by atoms with Gasteiger partial charge in [-0.2, -0.15) is 0 Å². The Kier molecular flexibility index (Phi) is 4.74. The van der Waals surface area contributed by atoms with Crippen LogP contribution in [0.3, 0.4) is 0 Å². The highest BCUT2D eigenvalue weighted by Gasteiger charge is 2.10. The van der Waals surface area contributed by atoms with Gasteiger partial charge < -0.3 is 10.2 Å². The summed E-state index contributed by atoms with van der Waals surface area (Å²) in [6.07, 6.45) is 1.60. The van der Waals surface area contributed by atoms with Crippen molar-refractivity contribution < 1.29 is 4.79 Å². The van der Waals surface area contributed by atoms with E-state index < -0.39 is 0 Å². The summed E-state index contributed by atoms with van der Waals surface area (Å²) in [6, 6.07) is 11.6. The first-order valence-corrected chi connectivity index (χ1v) is 7.02. The van der Waals surface area contributed by atoms with Gasteiger partial charge >= 0.3 is 0 Å². The molecule has 2 rings (SSSR count). The zero-order chi connectivity index (χ0) is 14.5. The van der Waals surface area contributed by atoms with Crippen molar-refractivity contribution in [3.63, 3.8) is 0 Å². The fourth-order valence-electron chi connectivity index (χ4n) is 1.73. The molecule has 0 atom stereocenters. The van der Waals surface area contributed by atoms with Gasteiger partial charge in [0, 0.05) is 37.0 Å². The van der Waals surface area contributed by atoms with Crippen LogP contribution in [0.4, 0.5) is 5.69 Å². The van der Waals surface area contributed by atoms with E-state index in [1.807, 2.05) is 43.3 Å². The normalized spacial score (nSPS) is 10.2. The maximum Gasteiger partial charge on any atom is 0.271 e. The summed E-state index contributed by atoms with van der Waals surface area (Å²) >= 11 is 3.32. The minimum atomic E-state index is -0.186. The summed E-state index contributed by atoms with van der Waals surface area (Å²) in [5.74, 6) is -0.186. The molecule has 0 radical (unpaired) electrons. The van der Waals surface area contributed by atoms with Crippen molar-refractivity contribution in [1.29, 1.82) is 0 Å². The van der Waals surface area contributed by atoms with Gasteiger partial charge in [-0.1, -0.05) is 12.1 Å². The van der Waals surface area contributed by atoms with E-state index in [4.69, 9.17) is 0 Å². The molecule has 1 aromatic heterocycles. The SMILES string of the molecule is CN(C)c1ccc(CNC(=O)c2ncccc2Br)cc1. The third kappa shape index (κ3) is 3.57. The maximum atomic E-state index is 12.0. The van der Waals surface area contributed by atoms with Crippen molar-refractivity contribution in [2.45, 2.75) is 6.54 Å². The van der Waals surface area contributed by atoms with Crippen molar-refractivity contribution in [2.75, 3.05) is 19.0 Å². The highest BCUT2D eigenvalue weighted by atomic mass is 79.9. The van der Waals surface area contributed by atoms with Gasteiger partial charge in [0.1, 0.15) is 5.69 Å². The van der Waals surface area contributed by atoms with Crippen molar-refractivity contribution in [1.82, 2.24) is 10.3 Å². The maximum absolute atomic E-state index is 12.0. The molecule has 20 heavy (non-hydrogen) atoms. The summed E-state index contributed by atoms with van der Waals surface area (Å²) in [7, 11) is 3.99. The van der Waals surface area contributed by atoms with Gasteiger partial charge in [-0.05, 0) is 45.8 Å². The van der Waals surface area contributed by atoms with Crippen LogP contribution in [-0.2, 0) is 6.54 Å². The Balaban J connectivity index is 1.98. The molecule has 4 nitrogen and oxygen atoms in total. The Morgan fingerprint density at radius 2 is 1.95 bits per heavy atom. The fourth-order valence-corrected chi connectivity index (χ4v) is 2.17. The number of pyridine rings is 1. The van der Waals surface area contributed by atoms with E-state index in [1.165, 1.54) is 0 Å². The first kappa shape index (κ1) is 14.5. The van der Waals surface area contributed by atoms with Crippen LogP contribution in [0.5, 0.6) is 0 Å². The first-order valence-electron chi connectivity index (χ1n) is 6.23. The number of halogens is 1. The molecule has 0 bridgehead atoms. The predicted octanol–water partition coefficient (Wildman–Crippen LogP) is 2.84. The lowest BCUT2D eigenvalue weighted by Crippen LogP contribution is -2.24. The molecule has 1 N–H and O–H groups in total. The number of anilines is 1. The van der Waals surface area contributed by atoms with Crippen LogP contribution in [0.1, 0.15) is 16.1 Å². The van der Waals surface area contributed by atoms with Gasteiger partial charge in [0.2, 0.25) is 0 Å². The lowest BCUT2D eigenvalue weighted by Gasteiger charge is -2.13. The molecule has 0 aliphatic carbocycles. The predicted molar refractivity (Wildman–Crippen MR) is 83.9 cm³/mol. The molecule has 1 amide bonds. The Bertz CT molecular complexity index is 596. The molecule has 0 saturated heterocycles. The molecule has 5 heteroatoms. The molecule has 1 heterocycles. The molecule has 0 saturated carbocycles. The van der Waals surface area contributed by atoms with E-state index in [0.717, 1.165) is 11.3 Å². The Labute approximate surface area is 127 Å². The summed E-state index contributed by atoms with van der Waals surface area (Å²) in [6.45, 7) is 0.482. The van der Waals surface area contributed by atoms with Gasteiger partial charge in [0.15, 0.2) is 0 Å². The quantitative estimate of drug-likeness (QED) is 0.935. The fraction of sp³-hybridized carbons (Fsp3) is 0.200. The second kappa shape index (κ2) is 6.52. The van der Waals surface area contributed by atoms with Crippen molar-refractivity contribution >= 4 is 27.5 Å². The van der Waals surface area contributed by atoms with E-state index in [0.29, 0.717) is 16.7 Å². The number of nitrogens with zero attached hydrogens (tertiary/aromatic N) is 2. The molecule has 0 aliphatic heterocycles. The van der Waals surface area contributed by atoms with E-state index in [9.17, 15) is 4.79 Å². The van der Waals surface area contributed by atoms with Crippen LogP contribution in [0, 0.1) is 0 Å². The van der Waals surface area contributed by atoms with Crippen molar-refractivity contribution in [2.24, 2.45) is 0 Å². The van der Waals surface area contributed by atoms with Crippen LogP contribution < -0.4 is 10.2 Å². The zero-order valence-corrected chi connectivity index (χ0v) is 13.0. The Morgan fingerprint density at radius 3 is 2.55 bits per heavy atom. The van der Waals surface area contributed by atoms with Gasteiger partial charge in [-0.25, -0.2) is 4.98 Å². The number of aromatic nitrogens is 1. The second-order valence-electron chi connectivity index (χ2n) is 4.58. The third-order valence-electron chi connectivity index (χ3n) is 2.88. The van der Waals surface area contributed by atoms with Gasteiger partial charge in [0.05, 0.1) is 0 Å². The molecular formula is C15H16BrN3O. The van der Waals surface area contributed by atoms with Gasteiger partial charge in [-0.3, -0.25) is 4.79 Å². The number of carbonyl (C=O) groups excluding carboxylic acids is 1. The molecule has 104 valence electrons. The lowest BCUT2D eigenvalue weighted by molar-refractivity contribution is 0.0945. The molecule has 0 spiro atoms. The van der Waals surface area contributed by atoms with Gasteiger partial charge in [0.25, 0.3) is 5.91 Å². The number of nitrogens with one attached hydrogen (secondary N) is 1. The average Bonchev–Trinajstić information content (AvgIpc) is 2.45. The minimum Gasteiger partial charge on any atom is -0.378 e. The number of hydrogen-bond donors (Lipinski definition) is 1. The summed E-state index contributed by atoms with van der Waals surface area (Å²) in [4.78, 5) is 18.1. The van der Waals surface area contributed by atoms with Crippen LogP contribution in [-0.4, -0.2) is 25.0 Å². The number of benzene rings is 1. The van der Waals surface area contributed by atoms with E-state index in [1.54, 1.807) is 18.3 Å². The number of rotatable bonds is 4. The van der Waals surface area contributed by atoms with E-state index >= 15 is 0 Å². The highest BCUT2D eigenvalue weighted by molar-refractivity contribution is 9.10. The van der Waals surface area contributed by atoms with Crippen LogP contribution in [0.2, 0.25) is 0 Å². The topological polar surface area (TPSA) is 45.2 Å². The average molecular weight is 334 g/mol. The standard InChI is InChI=1S/C15H16BrN3O/c1-19(2)12-7-5-11(6-8-12)10-18-15(20)14-13(16)4-3-9-17-14/h3-9H,10H2,1-2H3,(H,18,20). The first-order chi connectivity index (χ1) is 9.58. The molecule has 1 aromatic carbocycles. The smallest absolute Gasteiger partial charge is 0.271 e. The molecular weight excluding hydrogens is 318 g/mol. The number of amides is 1. The number of carbonyl (C=O) groups is 1. The van der Waals surface area contributed by atoms with Crippen molar-refractivity contribution in [3.8, 4) is 0 Å². The highest BCUT2D eigenvalue weighted by Crippen LogP contribution is 2.14. The van der Waals surface area contributed by atoms with Crippen LogP contribution in [0.15, 0.2) is 47.1 Å². The van der Waals surface area contributed by atoms with Crippen molar-refractivity contribution in [3.05, 3.63) is 58.3 Å². The zero-order valence-electron chi connectivity index (χ0n) is 11.4. The van der Waals surface area contributed by atoms with E-state index in [-0.39, 0.29) is 5.91 Å². The molecule has 0 fully saturated rings. The third-order valence-corrected chi connectivity index (χ3v) is 3.52.